The van der Waals surface area contributed by atoms with Gasteiger partial charge >= 0.3 is 0 Å². The zero-order chi connectivity index (χ0) is 9.84. The van der Waals surface area contributed by atoms with Crippen LogP contribution in [0.15, 0.2) is 22.7 Å². The Labute approximate surface area is 91.6 Å². The van der Waals surface area contributed by atoms with Gasteiger partial charge in [0, 0.05) is 22.3 Å². The molecule has 1 rings (SSSR count). The Balaban J connectivity index is 2.98. The van der Waals surface area contributed by atoms with Crippen LogP contribution in [0, 0.1) is 0 Å². The summed E-state index contributed by atoms with van der Waals surface area (Å²) in [4.78, 5) is 0.412. The molecule has 0 aliphatic heterocycles. The lowest BCUT2D eigenvalue weighted by atomic mass is 10.2. The molecule has 0 aliphatic carbocycles. The molecule has 3 N–H and O–H groups in total. The van der Waals surface area contributed by atoms with Gasteiger partial charge in [0.25, 0.3) is 0 Å². The van der Waals surface area contributed by atoms with E-state index in [0.29, 0.717) is 4.99 Å². The second kappa shape index (κ2) is 4.58. The van der Waals surface area contributed by atoms with Crippen molar-refractivity contribution in [3.05, 3.63) is 28.2 Å². The fourth-order valence-corrected chi connectivity index (χ4v) is 1.93. The van der Waals surface area contributed by atoms with Crippen molar-refractivity contribution in [2.75, 3.05) is 11.9 Å². The van der Waals surface area contributed by atoms with Gasteiger partial charge in [0.05, 0.1) is 0 Å². The van der Waals surface area contributed by atoms with E-state index in [2.05, 4.69) is 28.2 Å². The number of anilines is 1. The van der Waals surface area contributed by atoms with Crippen molar-refractivity contribution < 1.29 is 0 Å². The molecular formula is C9H11BrN2S. The molecule has 0 heterocycles. The standard InChI is InChI=1S/C9H11BrN2S/c1-2-12-6-3-4-7(9(11)13)8(10)5-6/h3-5,12H,2H2,1H3,(H2,11,13). The predicted molar refractivity (Wildman–Crippen MR) is 64.2 cm³/mol. The van der Waals surface area contributed by atoms with Crippen molar-refractivity contribution in [3.63, 3.8) is 0 Å². The molecule has 0 amide bonds. The van der Waals surface area contributed by atoms with E-state index in [1.165, 1.54) is 0 Å². The second-order valence-electron chi connectivity index (χ2n) is 2.59. The molecule has 0 bridgehead atoms. The van der Waals surface area contributed by atoms with Crippen LogP contribution in [0.1, 0.15) is 12.5 Å². The van der Waals surface area contributed by atoms with Crippen molar-refractivity contribution in [2.24, 2.45) is 5.73 Å². The molecule has 0 atom stereocenters. The SMILES string of the molecule is CCNc1ccc(C(N)=S)c(Br)c1. The van der Waals surface area contributed by atoms with E-state index < -0.39 is 0 Å². The van der Waals surface area contributed by atoms with Gasteiger partial charge in [-0.15, -0.1) is 0 Å². The Morgan fingerprint density at radius 1 is 1.62 bits per heavy atom. The van der Waals surface area contributed by atoms with Crippen LogP contribution in [0.4, 0.5) is 5.69 Å². The number of hydrogen-bond acceptors (Lipinski definition) is 2. The number of rotatable bonds is 3. The Bertz CT molecular complexity index is 325. The van der Waals surface area contributed by atoms with Gasteiger partial charge in [0.15, 0.2) is 0 Å². The predicted octanol–water partition coefficient (Wildman–Crippen LogP) is 2.52. The van der Waals surface area contributed by atoms with E-state index >= 15 is 0 Å². The maximum absolute atomic E-state index is 5.52. The summed E-state index contributed by atoms with van der Waals surface area (Å²) in [5, 5.41) is 3.20. The number of benzene rings is 1. The molecule has 2 nitrogen and oxygen atoms in total. The van der Waals surface area contributed by atoms with E-state index in [1.807, 2.05) is 18.2 Å². The van der Waals surface area contributed by atoms with Crippen molar-refractivity contribution in [1.29, 1.82) is 0 Å². The van der Waals surface area contributed by atoms with Gasteiger partial charge in [-0.1, -0.05) is 12.2 Å². The molecule has 0 radical (unpaired) electrons. The van der Waals surface area contributed by atoms with Crippen molar-refractivity contribution in [1.82, 2.24) is 0 Å². The molecule has 70 valence electrons. The Morgan fingerprint density at radius 3 is 2.77 bits per heavy atom. The summed E-state index contributed by atoms with van der Waals surface area (Å²) in [6.45, 7) is 2.95. The normalized spacial score (nSPS) is 9.69. The van der Waals surface area contributed by atoms with Gasteiger partial charge in [-0.25, -0.2) is 0 Å². The minimum absolute atomic E-state index is 0.412. The van der Waals surface area contributed by atoms with E-state index in [-0.39, 0.29) is 0 Å². The number of nitrogens with two attached hydrogens (primary N) is 1. The van der Waals surface area contributed by atoms with Gasteiger partial charge in [-0.3, -0.25) is 0 Å². The van der Waals surface area contributed by atoms with Gasteiger partial charge in [0.2, 0.25) is 0 Å². The fraction of sp³-hybridized carbons (Fsp3) is 0.222. The number of nitrogens with one attached hydrogen (secondary N) is 1. The quantitative estimate of drug-likeness (QED) is 0.819. The summed E-state index contributed by atoms with van der Waals surface area (Å²) >= 11 is 8.30. The smallest absolute Gasteiger partial charge is 0.105 e. The van der Waals surface area contributed by atoms with Crippen molar-refractivity contribution >= 4 is 38.8 Å². The lowest BCUT2D eigenvalue weighted by molar-refractivity contribution is 1.21. The summed E-state index contributed by atoms with van der Waals surface area (Å²) < 4.78 is 0.929. The van der Waals surface area contributed by atoms with Crippen molar-refractivity contribution in [3.8, 4) is 0 Å². The van der Waals surface area contributed by atoms with E-state index in [0.717, 1.165) is 22.3 Å². The first-order chi connectivity index (χ1) is 6.15. The minimum Gasteiger partial charge on any atom is -0.389 e. The van der Waals surface area contributed by atoms with Crippen LogP contribution in [0.3, 0.4) is 0 Å². The molecular weight excluding hydrogens is 248 g/mol. The second-order valence-corrected chi connectivity index (χ2v) is 3.88. The molecule has 0 unspecified atom stereocenters. The van der Waals surface area contributed by atoms with Crippen LogP contribution in [-0.2, 0) is 0 Å². The van der Waals surface area contributed by atoms with Gasteiger partial charge in [-0.05, 0) is 41.1 Å². The topological polar surface area (TPSA) is 38.0 Å². The molecule has 0 saturated carbocycles. The number of thiocarbonyl (C=S) groups is 1. The third kappa shape index (κ3) is 2.67. The third-order valence-electron chi connectivity index (χ3n) is 1.62. The first-order valence-corrected chi connectivity index (χ1v) is 5.18. The van der Waals surface area contributed by atoms with Gasteiger partial charge in [0.1, 0.15) is 4.99 Å². The fourth-order valence-electron chi connectivity index (χ4n) is 1.03. The summed E-state index contributed by atoms with van der Waals surface area (Å²) in [7, 11) is 0. The molecule has 1 aromatic rings. The number of halogens is 1. The Kier molecular flexibility index (Phi) is 3.69. The summed E-state index contributed by atoms with van der Waals surface area (Å²) in [5.74, 6) is 0. The highest BCUT2D eigenvalue weighted by atomic mass is 79.9. The zero-order valence-corrected chi connectivity index (χ0v) is 9.71. The largest absolute Gasteiger partial charge is 0.389 e. The molecule has 13 heavy (non-hydrogen) atoms. The monoisotopic (exact) mass is 258 g/mol. The lowest BCUT2D eigenvalue weighted by Crippen LogP contribution is -2.10. The van der Waals surface area contributed by atoms with E-state index in [1.54, 1.807) is 0 Å². The molecule has 0 fully saturated rings. The first-order valence-electron chi connectivity index (χ1n) is 3.98. The summed E-state index contributed by atoms with van der Waals surface area (Å²) in [6.07, 6.45) is 0. The van der Waals surface area contributed by atoms with Crippen LogP contribution >= 0.6 is 28.1 Å². The first kappa shape index (κ1) is 10.5. The maximum Gasteiger partial charge on any atom is 0.105 e. The van der Waals surface area contributed by atoms with Crippen LogP contribution in [0.5, 0.6) is 0 Å². The average Bonchev–Trinajstić information content (AvgIpc) is 2.04. The molecule has 0 spiro atoms. The number of hydrogen-bond donors (Lipinski definition) is 2. The lowest BCUT2D eigenvalue weighted by Gasteiger charge is -2.06. The highest BCUT2D eigenvalue weighted by molar-refractivity contribution is 9.10. The average molecular weight is 259 g/mol. The summed E-state index contributed by atoms with van der Waals surface area (Å²) in [5.41, 5.74) is 7.46. The maximum atomic E-state index is 5.52. The highest BCUT2D eigenvalue weighted by Gasteiger charge is 2.02. The Morgan fingerprint density at radius 2 is 2.31 bits per heavy atom. The van der Waals surface area contributed by atoms with E-state index in [9.17, 15) is 0 Å². The minimum atomic E-state index is 0.412. The van der Waals surface area contributed by atoms with Crippen LogP contribution < -0.4 is 11.1 Å². The van der Waals surface area contributed by atoms with Gasteiger partial charge in [-0.2, -0.15) is 0 Å². The third-order valence-corrected chi connectivity index (χ3v) is 2.49. The van der Waals surface area contributed by atoms with Gasteiger partial charge < -0.3 is 11.1 Å². The molecule has 0 aromatic heterocycles. The Hall–Kier alpha value is -0.610. The van der Waals surface area contributed by atoms with Crippen LogP contribution in [0.2, 0.25) is 0 Å². The molecule has 0 saturated heterocycles. The van der Waals surface area contributed by atoms with Crippen LogP contribution in [-0.4, -0.2) is 11.5 Å². The zero-order valence-electron chi connectivity index (χ0n) is 7.30. The van der Waals surface area contributed by atoms with Crippen LogP contribution in [0.25, 0.3) is 0 Å². The van der Waals surface area contributed by atoms with E-state index in [4.69, 9.17) is 18.0 Å². The highest BCUT2D eigenvalue weighted by Crippen LogP contribution is 2.21. The summed E-state index contributed by atoms with van der Waals surface area (Å²) in [6, 6.07) is 5.84. The molecule has 1 aromatic carbocycles. The molecule has 4 heteroatoms. The molecule has 0 aliphatic rings. The van der Waals surface area contributed by atoms with Crippen molar-refractivity contribution in [2.45, 2.75) is 6.92 Å².